The second-order valence-electron chi connectivity index (χ2n) is 5.53. The number of fused-ring (bicyclic) bond motifs is 1. The third-order valence-corrected chi connectivity index (χ3v) is 5.32. The van der Waals surface area contributed by atoms with Crippen LogP contribution in [0.2, 0.25) is 0 Å². The summed E-state index contributed by atoms with van der Waals surface area (Å²) in [6.07, 6.45) is 1.77. The summed E-state index contributed by atoms with van der Waals surface area (Å²) < 4.78 is 1.59. The van der Waals surface area contributed by atoms with Crippen LogP contribution in [0.5, 0.6) is 0 Å². The first-order chi connectivity index (χ1) is 10.6. The average Bonchev–Trinajstić information content (AvgIpc) is 2.97. The van der Waals surface area contributed by atoms with Crippen LogP contribution >= 0.6 is 23.1 Å². The van der Waals surface area contributed by atoms with Crippen molar-refractivity contribution in [3.05, 3.63) is 69.1 Å². The van der Waals surface area contributed by atoms with Gasteiger partial charge in [-0.05, 0) is 17.0 Å². The van der Waals surface area contributed by atoms with E-state index in [1.54, 1.807) is 28.4 Å². The van der Waals surface area contributed by atoms with E-state index in [9.17, 15) is 4.79 Å². The van der Waals surface area contributed by atoms with Crippen molar-refractivity contribution in [1.82, 2.24) is 9.38 Å². The van der Waals surface area contributed by atoms with E-state index in [0.29, 0.717) is 5.92 Å². The lowest BCUT2D eigenvalue weighted by atomic mass is 10.0. The van der Waals surface area contributed by atoms with Crippen LogP contribution in [-0.2, 0) is 11.5 Å². The Morgan fingerprint density at radius 2 is 2.00 bits per heavy atom. The van der Waals surface area contributed by atoms with Crippen LogP contribution in [-0.4, -0.2) is 9.38 Å². The van der Waals surface area contributed by atoms with Gasteiger partial charge in [-0.15, -0.1) is 11.3 Å². The zero-order valence-electron chi connectivity index (χ0n) is 12.7. The number of nitrogens with zero attached hydrogens (tertiary/aromatic N) is 2. The van der Waals surface area contributed by atoms with Crippen LogP contribution in [0.3, 0.4) is 0 Å². The van der Waals surface area contributed by atoms with Gasteiger partial charge in [-0.3, -0.25) is 9.20 Å². The summed E-state index contributed by atoms with van der Waals surface area (Å²) in [6.45, 7) is 4.41. The molecule has 0 saturated heterocycles. The number of aromatic nitrogens is 2. The van der Waals surface area contributed by atoms with Gasteiger partial charge in [-0.1, -0.05) is 38.1 Å². The minimum Gasteiger partial charge on any atom is -0.269 e. The lowest BCUT2D eigenvalue weighted by molar-refractivity contribution is 0.866. The topological polar surface area (TPSA) is 34.4 Å². The maximum atomic E-state index is 11.9. The molecule has 22 heavy (non-hydrogen) atoms. The fourth-order valence-electron chi connectivity index (χ4n) is 2.23. The first kappa shape index (κ1) is 15.3. The number of benzene rings is 1. The Kier molecular flexibility index (Phi) is 4.64. The van der Waals surface area contributed by atoms with E-state index in [-0.39, 0.29) is 5.56 Å². The molecule has 0 saturated carbocycles. The molecule has 0 atom stereocenters. The Morgan fingerprint density at radius 1 is 1.23 bits per heavy atom. The molecular formula is C17H18N2OS2. The third-order valence-electron chi connectivity index (χ3n) is 3.52. The van der Waals surface area contributed by atoms with Gasteiger partial charge in [0.2, 0.25) is 0 Å². The predicted molar refractivity (Wildman–Crippen MR) is 94.9 cm³/mol. The van der Waals surface area contributed by atoms with Crippen molar-refractivity contribution in [2.45, 2.75) is 31.3 Å². The third kappa shape index (κ3) is 3.42. The van der Waals surface area contributed by atoms with Crippen molar-refractivity contribution in [3.8, 4) is 0 Å². The Morgan fingerprint density at radius 3 is 2.73 bits per heavy atom. The van der Waals surface area contributed by atoms with Crippen molar-refractivity contribution in [1.29, 1.82) is 0 Å². The normalized spacial score (nSPS) is 11.4. The van der Waals surface area contributed by atoms with Crippen molar-refractivity contribution < 1.29 is 0 Å². The number of thioether (sulfide) groups is 1. The molecule has 5 heteroatoms. The number of rotatable bonds is 5. The van der Waals surface area contributed by atoms with Crippen molar-refractivity contribution >= 4 is 28.1 Å². The van der Waals surface area contributed by atoms with E-state index in [1.807, 2.05) is 5.38 Å². The van der Waals surface area contributed by atoms with E-state index in [2.05, 4.69) is 43.1 Å². The summed E-state index contributed by atoms with van der Waals surface area (Å²) in [5.74, 6) is 2.26. The molecule has 0 spiro atoms. The molecule has 3 rings (SSSR count). The zero-order chi connectivity index (χ0) is 15.5. The van der Waals surface area contributed by atoms with E-state index >= 15 is 0 Å². The van der Waals surface area contributed by atoms with Crippen molar-refractivity contribution in [2.24, 2.45) is 0 Å². The van der Waals surface area contributed by atoms with Crippen LogP contribution in [0, 0.1) is 0 Å². The molecule has 0 amide bonds. The molecule has 0 bridgehead atoms. The van der Waals surface area contributed by atoms with E-state index in [1.165, 1.54) is 22.5 Å². The molecule has 0 N–H and O–H groups in total. The quantitative estimate of drug-likeness (QED) is 0.699. The number of thiazole rings is 1. The van der Waals surface area contributed by atoms with Gasteiger partial charge in [0.1, 0.15) is 0 Å². The molecule has 0 radical (unpaired) electrons. The van der Waals surface area contributed by atoms with Gasteiger partial charge in [-0.2, -0.15) is 11.8 Å². The van der Waals surface area contributed by atoms with Gasteiger partial charge in [-0.25, -0.2) is 4.98 Å². The van der Waals surface area contributed by atoms with E-state index in [4.69, 9.17) is 0 Å². The van der Waals surface area contributed by atoms with Gasteiger partial charge in [0, 0.05) is 29.1 Å². The molecule has 2 heterocycles. The molecule has 0 fully saturated rings. The van der Waals surface area contributed by atoms with E-state index < -0.39 is 0 Å². The molecule has 1 aromatic carbocycles. The maximum Gasteiger partial charge on any atom is 0.258 e. The fourth-order valence-corrected chi connectivity index (χ4v) is 3.86. The van der Waals surface area contributed by atoms with Gasteiger partial charge < -0.3 is 0 Å². The average molecular weight is 330 g/mol. The number of hydrogen-bond donors (Lipinski definition) is 0. The maximum absolute atomic E-state index is 11.9. The molecule has 2 aromatic heterocycles. The Bertz CT molecular complexity index is 819. The molecule has 3 nitrogen and oxygen atoms in total. The van der Waals surface area contributed by atoms with Gasteiger partial charge in [0.05, 0.1) is 5.69 Å². The Balaban J connectivity index is 1.63. The highest BCUT2D eigenvalue weighted by Gasteiger charge is 2.04. The molecule has 114 valence electrons. The summed E-state index contributed by atoms with van der Waals surface area (Å²) in [7, 11) is 0. The van der Waals surface area contributed by atoms with Crippen LogP contribution in [0.15, 0.2) is 46.7 Å². The minimum atomic E-state index is 0.00290. The SMILES string of the molecule is CC(C)c1ccc(CSCc2cc(=O)n3ccsc3n2)cc1. The zero-order valence-corrected chi connectivity index (χ0v) is 14.3. The minimum absolute atomic E-state index is 0.00290. The Hall–Kier alpha value is -1.59. The molecule has 0 aliphatic rings. The highest BCUT2D eigenvalue weighted by molar-refractivity contribution is 7.97. The molecule has 0 aliphatic heterocycles. The van der Waals surface area contributed by atoms with Gasteiger partial charge >= 0.3 is 0 Å². The molecule has 3 aromatic rings. The second-order valence-corrected chi connectivity index (χ2v) is 7.39. The van der Waals surface area contributed by atoms with Crippen molar-refractivity contribution in [3.63, 3.8) is 0 Å². The summed E-state index contributed by atoms with van der Waals surface area (Å²) in [4.78, 5) is 17.2. The van der Waals surface area contributed by atoms with E-state index in [0.717, 1.165) is 22.2 Å². The van der Waals surface area contributed by atoms with Crippen LogP contribution in [0.25, 0.3) is 4.96 Å². The molecule has 0 unspecified atom stereocenters. The fraction of sp³-hybridized carbons (Fsp3) is 0.294. The van der Waals surface area contributed by atoms with Gasteiger partial charge in [0.25, 0.3) is 5.56 Å². The predicted octanol–water partition coefficient (Wildman–Crippen LogP) is 4.31. The first-order valence-corrected chi connectivity index (χ1v) is 9.29. The highest BCUT2D eigenvalue weighted by atomic mass is 32.2. The molecule has 0 aliphatic carbocycles. The summed E-state index contributed by atoms with van der Waals surface area (Å²) in [6, 6.07) is 10.4. The standard InChI is InChI=1S/C17H18N2OS2/c1-12(2)14-5-3-13(4-6-14)10-21-11-15-9-16(20)19-7-8-22-17(19)18-15/h3-9,12H,10-11H2,1-2H3. The first-order valence-electron chi connectivity index (χ1n) is 7.26. The smallest absolute Gasteiger partial charge is 0.258 e. The van der Waals surface area contributed by atoms with Crippen molar-refractivity contribution in [2.75, 3.05) is 0 Å². The van der Waals surface area contributed by atoms with Gasteiger partial charge in [0.15, 0.2) is 4.96 Å². The van der Waals surface area contributed by atoms with Crippen LogP contribution < -0.4 is 5.56 Å². The summed E-state index contributed by atoms with van der Waals surface area (Å²) in [5.41, 5.74) is 3.54. The summed E-state index contributed by atoms with van der Waals surface area (Å²) in [5, 5.41) is 1.89. The van der Waals surface area contributed by atoms with Crippen LogP contribution in [0.1, 0.15) is 36.6 Å². The second kappa shape index (κ2) is 6.67. The lowest BCUT2D eigenvalue weighted by Crippen LogP contribution is -2.12. The van der Waals surface area contributed by atoms with Crippen LogP contribution in [0.4, 0.5) is 0 Å². The highest BCUT2D eigenvalue weighted by Crippen LogP contribution is 2.20. The lowest BCUT2D eigenvalue weighted by Gasteiger charge is -2.07. The largest absolute Gasteiger partial charge is 0.269 e. The monoisotopic (exact) mass is 330 g/mol. The summed E-state index contributed by atoms with van der Waals surface area (Å²) >= 11 is 3.28. The molecular weight excluding hydrogens is 312 g/mol. The Labute approximate surface area is 138 Å². The number of hydrogen-bond acceptors (Lipinski definition) is 4.